The molecule has 0 saturated carbocycles. The molecule has 1 N–H and O–H groups in total. The Kier molecular flexibility index (Phi) is 4.23. The Hall–Kier alpha value is -1.44. The van der Waals surface area contributed by atoms with E-state index in [1.165, 1.54) is 25.0 Å². The number of nitrogens with zero attached hydrogens (tertiary/aromatic N) is 3. The standard InChI is InChI=1S/C13H17ClN4O3/c14-12-4-3-11(18(19)20)13(16-12)15-6-10-7-17-5-1-2-9(17)8-21-10/h3-4,9-10H,1-2,5-8H2,(H,15,16). The number of rotatable bonds is 4. The van der Waals surface area contributed by atoms with E-state index in [0.29, 0.717) is 12.6 Å². The summed E-state index contributed by atoms with van der Waals surface area (Å²) in [7, 11) is 0. The molecule has 2 saturated heterocycles. The molecular formula is C13H17ClN4O3. The third-order valence-corrected chi connectivity index (χ3v) is 4.21. The van der Waals surface area contributed by atoms with E-state index in [2.05, 4.69) is 15.2 Å². The van der Waals surface area contributed by atoms with Crippen LogP contribution in [-0.2, 0) is 4.74 Å². The van der Waals surface area contributed by atoms with Crippen molar-refractivity contribution in [3.63, 3.8) is 0 Å². The molecular weight excluding hydrogens is 296 g/mol. The minimum Gasteiger partial charge on any atom is -0.373 e. The van der Waals surface area contributed by atoms with E-state index in [-0.39, 0.29) is 22.8 Å². The van der Waals surface area contributed by atoms with Crippen LogP contribution in [-0.4, -0.2) is 53.2 Å². The Morgan fingerprint density at radius 3 is 3.24 bits per heavy atom. The van der Waals surface area contributed by atoms with E-state index in [0.717, 1.165) is 19.7 Å². The Labute approximate surface area is 127 Å². The van der Waals surface area contributed by atoms with Crippen molar-refractivity contribution in [2.45, 2.75) is 25.0 Å². The van der Waals surface area contributed by atoms with Crippen molar-refractivity contribution in [1.29, 1.82) is 0 Å². The monoisotopic (exact) mass is 312 g/mol. The highest BCUT2D eigenvalue weighted by molar-refractivity contribution is 6.29. The zero-order chi connectivity index (χ0) is 14.8. The average Bonchev–Trinajstić information content (AvgIpc) is 2.92. The summed E-state index contributed by atoms with van der Waals surface area (Å²) in [5, 5.41) is 14.2. The SMILES string of the molecule is O=[N+]([O-])c1ccc(Cl)nc1NCC1CN2CCCC2CO1. The molecule has 1 aromatic rings. The molecule has 2 aliphatic heterocycles. The highest BCUT2D eigenvalue weighted by Gasteiger charge is 2.32. The molecule has 0 aliphatic carbocycles. The maximum absolute atomic E-state index is 11.0. The van der Waals surface area contributed by atoms with Gasteiger partial charge in [-0.15, -0.1) is 0 Å². The summed E-state index contributed by atoms with van der Waals surface area (Å²) in [5.41, 5.74) is -0.0748. The van der Waals surface area contributed by atoms with Crippen LogP contribution in [0, 0.1) is 10.1 Å². The first kappa shape index (κ1) is 14.5. The van der Waals surface area contributed by atoms with Gasteiger partial charge in [0.25, 0.3) is 0 Å². The fourth-order valence-electron chi connectivity index (χ4n) is 2.93. The third-order valence-electron chi connectivity index (χ3n) is 4.00. The van der Waals surface area contributed by atoms with Crippen molar-refractivity contribution in [3.05, 3.63) is 27.4 Å². The fourth-order valence-corrected chi connectivity index (χ4v) is 3.07. The molecule has 0 spiro atoms. The number of hydrogen-bond acceptors (Lipinski definition) is 6. The Morgan fingerprint density at radius 2 is 2.43 bits per heavy atom. The van der Waals surface area contributed by atoms with Gasteiger partial charge >= 0.3 is 5.69 Å². The van der Waals surface area contributed by atoms with Gasteiger partial charge < -0.3 is 10.1 Å². The van der Waals surface area contributed by atoms with Gasteiger partial charge in [0.2, 0.25) is 5.82 Å². The molecule has 2 unspecified atom stereocenters. The molecule has 0 amide bonds. The zero-order valence-corrected chi connectivity index (χ0v) is 12.3. The lowest BCUT2D eigenvalue weighted by molar-refractivity contribution is -0.384. The lowest BCUT2D eigenvalue weighted by Gasteiger charge is -2.35. The molecule has 0 aromatic carbocycles. The normalized spacial score (nSPS) is 25.6. The summed E-state index contributed by atoms with van der Waals surface area (Å²) in [4.78, 5) is 16.9. The topological polar surface area (TPSA) is 80.5 Å². The Morgan fingerprint density at radius 1 is 1.57 bits per heavy atom. The van der Waals surface area contributed by atoms with Crippen molar-refractivity contribution in [2.24, 2.45) is 0 Å². The van der Waals surface area contributed by atoms with Crippen LogP contribution in [0.1, 0.15) is 12.8 Å². The van der Waals surface area contributed by atoms with Crippen LogP contribution in [0.5, 0.6) is 0 Å². The summed E-state index contributed by atoms with van der Waals surface area (Å²) in [5.74, 6) is 0.194. The lowest BCUT2D eigenvalue weighted by Crippen LogP contribution is -2.48. The number of anilines is 1. The lowest BCUT2D eigenvalue weighted by atomic mass is 10.2. The van der Waals surface area contributed by atoms with E-state index in [1.807, 2.05) is 0 Å². The van der Waals surface area contributed by atoms with Gasteiger partial charge in [0.15, 0.2) is 0 Å². The summed E-state index contributed by atoms with van der Waals surface area (Å²) < 4.78 is 5.81. The maximum Gasteiger partial charge on any atom is 0.311 e. The fraction of sp³-hybridized carbons (Fsp3) is 0.615. The summed E-state index contributed by atoms with van der Waals surface area (Å²) >= 11 is 5.80. The Bertz CT molecular complexity index is 542. The van der Waals surface area contributed by atoms with E-state index in [9.17, 15) is 10.1 Å². The molecule has 1 aromatic heterocycles. The van der Waals surface area contributed by atoms with Crippen LogP contribution >= 0.6 is 11.6 Å². The second-order valence-corrected chi connectivity index (χ2v) is 5.77. The minimum atomic E-state index is -0.468. The predicted octanol–water partition coefficient (Wildman–Crippen LogP) is 1.92. The number of halogens is 1. The van der Waals surface area contributed by atoms with Crippen molar-refractivity contribution >= 4 is 23.1 Å². The van der Waals surface area contributed by atoms with Gasteiger partial charge in [-0.2, -0.15) is 0 Å². The van der Waals surface area contributed by atoms with Crippen molar-refractivity contribution in [1.82, 2.24) is 9.88 Å². The first-order valence-electron chi connectivity index (χ1n) is 7.04. The van der Waals surface area contributed by atoms with Crippen molar-refractivity contribution in [2.75, 3.05) is 31.6 Å². The van der Waals surface area contributed by atoms with Gasteiger partial charge in [-0.1, -0.05) is 11.6 Å². The molecule has 8 heteroatoms. The third kappa shape index (κ3) is 3.25. The first-order valence-corrected chi connectivity index (χ1v) is 7.42. The molecule has 2 atom stereocenters. The summed E-state index contributed by atoms with van der Waals surface area (Å²) in [6.07, 6.45) is 2.43. The van der Waals surface area contributed by atoms with Gasteiger partial charge in [-0.05, 0) is 25.5 Å². The number of hydrogen-bond donors (Lipinski definition) is 1. The quantitative estimate of drug-likeness (QED) is 0.520. The number of pyridine rings is 1. The zero-order valence-electron chi connectivity index (χ0n) is 11.5. The molecule has 0 radical (unpaired) electrons. The highest BCUT2D eigenvalue weighted by atomic mass is 35.5. The van der Waals surface area contributed by atoms with Crippen LogP contribution in [0.15, 0.2) is 12.1 Å². The molecule has 7 nitrogen and oxygen atoms in total. The number of nitrogens with one attached hydrogen (secondary N) is 1. The van der Waals surface area contributed by atoms with Crippen LogP contribution in [0.4, 0.5) is 11.5 Å². The van der Waals surface area contributed by atoms with Crippen LogP contribution in [0.3, 0.4) is 0 Å². The van der Waals surface area contributed by atoms with E-state index in [1.54, 1.807) is 0 Å². The predicted molar refractivity (Wildman–Crippen MR) is 78.7 cm³/mol. The van der Waals surface area contributed by atoms with Gasteiger partial charge in [0, 0.05) is 25.2 Å². The van der Waals surface area contributed by atoms with Gasteiger partial charge in [0.05, 0.1) is 17.6 Å². The second kappa shape index (κ2) is 6.13. The maximum atomic E-state index is 11.0. The van der Waals surface area contributed by atoms with Crippen molar-refractivity contribution < 1.29 is 9.66 Å². The first-order chi connectivity index (χ1) is 10.1. The van der Waals surface area contributed by atoms with Gasteiger partial charge in [0.1, 0.15) is 5.15 Å². The molecule has 3 rings (SSSR count). The van der Waals surface area contributed by atoms with E-state index >= 15 is 0 Å². The average molecular weight is 313 g/mol. The largest absolute Gasteiger partial charge is 0.373 e. The van der Waals surface area contributed by atoms with E-state index in [4.69, 9.17) is 16.3 Å². The molecule has 2 fully saturated rings. The molecule has 2 aliphatic rings. The second-order valence-electron chi connectivity index (χ2n) is 5.39. The molecule has 0 bridgehead atoms. The highest BCUT2D eigenvalue weighted by Crippen LogP contribution is 2.25. The number of fused-ring (bicyclic) bond motifs is 1. The van der Waals surface area contributed by atoms with Gasteiger partial charge in [-0.3, -0.25) is 15.0 Å². The molecule has 3 heterocycles. The number of morpholine rings is 1. The van der Waals surface area contributed by atoms with E-state index < -0.39 is 4.92 Å². The number of aromatic nitrogens is 1. The minimum absolute atomic E-state index is 0.0136. The smallest absolute Gasteiger partial charge is 0.311 e. The van der Waals surface area contributed by atoms with Gasteiger partial charge in [-0.25, -0.2) is 4.98 Å². The summed E-state index contributed by atoms with van der Waals surface area (Å²) in [6, 6.07) is 3.31. The number of nitro groups is 1. The van der Waals surface area contributed by atoms with Crippen LogP contribution < -0.4 is 5.32 Å². The molecule has 21 heavy (non-hydrogen) atoms. The Balaban J connectivity index is 1.62. The van der Waals surface area contributed by atoms with Crippen LogP contribution in [0.25, 0.3) is 0 Å². The van der Waals surface area contributed by atoms with Crippen molar-refractivity contribution in [3.8, 4) is 0 Å². The van der Waals surface area contributed by atoms with Crippen LogP contribution in [0.2, 0.25) is 5.15 Å². The number of ether oxygens (including phenoxy) is 1. The molecule has 114 valence electrons. The summed E-state index contributed by atoms with van der Waals surface area (Å²) in [6.45, 7) is 3.18.